The number of carbonyl (C=O) groups excluding carboxylic acids is 1. The summed E-state index contributed by atoms with van der Waals surface area (Å²) in [5.41, 5.74) is 2.68. The molecule has 1 aliphatic heterocycles. The molecule has 0 unspecified atom stereocenters. The van der Waals surface area contributed by atoms with Crippen molar-refractivity contribution in [2.45, 2.75) is 44.6 Å². The van der Waals surface area contributed by atoms with Crippen LogP contribution < -0.4 is 9.62 Å². The molecule has 2 heterocycles. The summed E-state index contributed by atoms with van der Waals surface area (Å²) in [5, 5.41) is 2.69. The molecular weight excluding hydrogens is 358 g/mol. The number of anilines is 1. The summed E-state index contributed by atoms with van der Waals surface area (Å²) in [5.74, 6) is -0.0230. The molecule has 0 fully saturated rings. The third-order valence-corrected chi connectivity index (χ3v) is 6.53. The molecule has 1 aromatic heterocycles. The molecule has 2 aromatic rings. The molecule has 1 aromatic carbocycles. The fraction of sp³-hybridized carbons (Fsp3) is 0.412. The lowest BCUT2D eigenvalue weighted by Gasteiger charge is -2.28. The van der Waals surface area contributed by atoms with Gasteiger partial charge in [-0.05, 0) is 43.0 Å². The van der Waals surface area contributed by atoms with Gasteiger partial charge in [0, 0.05) is 24.5 Å². The molecular formula is C17H21N3O3S2. The summed E-state index contributed by atoms with van der Waals surface area (Å²) in [6, 6.07) is 4.96. The summed E-state index contributed by atoms with van der Waals surface area (Å²) in [4.78, 5) is 18.0. The van der Waals surface area contributed by atoms with Crippen LogP contribution in [0.15, 0.2) is 28.5 Å². The molecule has 0 bridgehead atoms. The van der Waals surface area contributed by atoms with Crippen molar-refractivity contribution >= 4 is 33.0 Å². The minimum Gasteiger partial charge on any atom is -0.312 e. The first kappa shape index (κ1) is 18.0. The normalized spacial score (nSPS) is 14.4. The van der Waals surface area contributed by atoms with Gasteiger partial charge in [0.2, 0.25) is 15.9 Å². The van der Waals surface area contributed by atoms with Crippen molar-refractivity contribution in [2.75, 3.05) is 11.4 Å². The number of fused-ring (bicyclic) bond motifs is 1. The average Bonchev–Trinajstić information content (AvgIpc) is 3.07. The summed E-state index contributed by atoms with van der Waals surface area (Å²) in [6.07, 6.45) is 2.44. The number of amides is 1. The second kappa shape index (κ2) is 7.23. The Morgan fingerprint density at radius 3 is 2.88 bits per heavy atom. The Balaban J connectivity index is 1.79. The maximum absolute atomic E-state index is 12.6. The van der Waals surface area contributed by atoms with Crippen molar-refractivity contribution in [3.05, 3.63) is 39.8 Å². The van der Waals surface area contributed by atoms with E-state index in [1.807, 2.05) is 12.3 Å². The molecule has 1 N–H and O–H groups in total. The minimum atomic E-state index is -3.61. The molecule has 0 spiro atoms. The largest absolute Gasteiger partial charge is 0.312 e. The van der Waals surface area contributed by atoms with E-state index in [1.54, 1.807) is 23.1 Å². The highest BCUT2D eigenvalue weighted by Gasteiger charge is 2.23. The first-order valence-electron chi connectivity index (χ1n) is 8.24. The van der Waals surface area contributed by atoms with Gasteiger partial charge >= 0.3 is 0 Å². The molecule has 8 heteroatoms. The number of hydrogen-bond acceptors (Lipinski definition) is 5. The lowest BCUT2D eigenvalue weighted by atomic mass is 10.0. The van der Waals surface area contributed by atoms with Gasteiger partial charge in [0.1, 0.15) is 5.01 Å². The van der Waals surface area contributed by atoms with E-state index in [2.05, 4.69) is 9.71 Å². The molecule has 6 nitrogen and oxygen atoms in total. The van der Waals surface area contributed by atoms with Crippen LogP contribution in [-0.4, -0.2) is 25.9 Å². The second-order valence-corrected chi connectivity index (χ2v) is 8.69. The van der Waals surface area contributed by atoms with E-state index in [1.165, 1.54) is 18.3 Å². The number of nitrogens with one attached hydrogen (secondary N) is 1. The van der Waals surface area contributed by atoms with E-state index in [0.29, 0.717) is 6.54 Å². The van der Waals surface area contributed by atoms with Crippen LogP contribution in [0.1, 0.15) is 36.5 Å². The predicted molar refractivity (Wildman–Crippen MR) is 98.3 cm³/mol. The van der Waals surface area contributed by atoms with E-state index in [0.717, 1.165) is 41.2 Å². The Bertz CT molecular complexity index is 890. The van der Waals surface area contributed by atoms with E-state index in [9.17, 15) is 13.2 Å². The number of carbonyl (C=O) groups is 1. The van der Waals surface area contributed by atoms with Gasteiger partial charge in [-0.3, -0.25) is 4.79 Å². The van der Waals surface area contributed by atoms with Gasteiger partial charge in [-0.1, -0.05) is 6.92 Å². The number of hydrogen-bond donors (Lipinski definition) is 1. The van der Waals surface area contributed by atoms with Gasteiger partial charge in [0.25, 0.3) is 0 Å². The number of benzene rings is 1. The zero-order valence-electron chi connectivity index (χ0n) is 14.3. The highest BCUT2D eigenvalue weighted by molar-refractivity contribution is 7.89. The van der Waals surface area contributed by atoms with Crippen LogP contribution in [0.25, 0.3) is 0 Å². The van der Waals surface area contributed by atoms with Crippen molar-refractivity contribution < 1.29 is 13.2 Å². The highest BCUT2D eigenvalue weighted by atomic mass is 32.2. The fourth-order valence-electron chi connectivity index (χ4n) is 2.90. The van der Waals surface area contributed by atoms with E-state index in [4.69, 9.17) is 0 Å². The zero-order valence-corrected chi connectivity index (χ0v) is 15.9. The van der Waals surface area contributed by atoms with Crippen molar-refractivity contribution in [2.24, 2.45) is 0 Å². The number of nitrogens with zero attached hydrogens (tertiary/aromatic N) is 2. The molecule has 0 saturated carbocycles. The third kappa shape index (κ3) is 3.91. The van der Waals surface area contributed by atoms with Crippen molar-refractivity contribution in [1.29, 1.82) is 0 Å². The molecule has 25 heavy (non-hydrogen) atoms. The van der Waals surface area contributed by atoms with E-state index in [-0.39, 0.29) is 17.3 Å². The van der Waals surface area contributed by atoms with Crippen LogP contribution in [-0.2, 0) is 34.2 Å². The molecule has 1 amide bonds. The Kier molecular flexibility index (Phi) is 5.21. The summed E-state index contributed by atoms with van der Waals surface area (Å²) in [7, 11) is -3.61. The smallest absolute Gasteiger partial charge is 0.240 e. The number of sulfonamides is 1. The van der Waals surface area contributed by atoms with Gasteiger partial charge in [-0.2, -0.15) is 0 Å². The highest BCUT2D eigenvalue weighted by Crippen LogP contribution is 2.29. The Morgan fingerprint density at radius 1 is 1.40 bits per heavy atom. The summed E-state index contributed by atoms with van der Waals surface area (Å²) >= 11 is 1.45. The Morgan fingerprint density at radius 2 is 2.20 bits per heavy atom. The lowest BCUT2D eigenvalue weighted by molar-refractivity contribution is -0.116. The van der Waals surface area contributed by atoms with Crippen LogP contribution in [0.4, 0.5) is 5.69 Å². The van der Waals surface area contributed by atoms with Crippen LogP contribution in [0.2, 0.25) is 0 Å². The van der Waals surface area contributed by atoms with Gasteiger partial charge in [-0.25, -0.2) is 18.1 Å². The van der Waals surface area contributed by atoms with Gasteiger partial charge < -0.3 is 4.90 Å². The first-order valence-corrected chi connectivity index (χ1v) is 10.6. The van der Waals surface area contributed by atoms with Crippen LogP contribution in [0.5, 0.6) is 0 Å². The van der Waals surface area contributed by atoms with E-state index < -0.39 is 10.0 Å². The summed E-state index contributed by atoms with van der Waals surface area (Å²) < 4.78 is 27.7. The van der Waals surface area contributed by atoms with E-state index >= 15 is 0 Å². The second-order valence-electron chi connectivity index (χ2n) is 5.98. The fourth-order valence-corrected chi connectivity index (χ4v) is 4.85. The molecule has 0 aliphatic carbocycles. The quantitative estimate of drug-likeness (QED) is 0.866. The molecule has 3 rings (SSSR count). The van der Waals surface area contributed by atoms with Gasteiger partial charge in [0.05, 0.1) is 17.1 Å². The van der Waals surface area contributed by atoms with Crippen LogP contribution in [0, 0.1) is 0 Å². The topological polar surface area (TPSA) is 79.4 Å². The van der Waals surface area contributed by atoms with Crippen molar-refractivity contribution in [1.82, 2.24) is 9.71 Å². The number of aryl methyl sites for hydroxylation is 2. The Hall–Kier alpha value is -1.77. The minimum absolute atomic E-state index is 0.0230. The zero-order chi connectivity index (χ0) is 18.0. The molecule has 1 aliphatic rings. The molecule has 0 saturated heterocycles. The average molecular weight is 380 g/mol. The first-order chi connectivity index (χ1) is 11.9. The lowest BCUT2D eigenvalue weighted by Crippen LogP contribution is -2.33. The monoisotopic (exact) mass is 379 g/mol. The van der Waals surface area contributed by atoms with Gasteiger partial charge in [0.15, 0.2) is 0 Å². The predicted octanol–water partition coefficient (Wildman–Crippen LogP) is 2.48. The molecule has 0 atom stereocenters. The van der Waals surface area contributed by atoms with Crippen LogP contribution >= 0.6 is 11.3 Å². The SMILES string of the molecule is CCc1csc(CNS(=O)(=O)c2ccc3c(c2)CCCN3C(C)=O)n1. The van der Waals surface area contributed by atoms with Crippen molar-refractivity contribution in [3.8, 4) is 0 Å². The molecule has 134 valence electrons. The maximum Gasteiger partial charge on any atom is 0.240 e. The molecule has 0 radical (unpaired) electrons. The number of rotatable bonds is 5. The maximum atomic E-state index is 12.6. The summed E-state index contributed by atoms with van der Waals surface area (Å²) in [6.45, 7) is 4.40. The Labute approximate surface area is 151 Å². The van der Waals surface area contributed by atoms with Crippen molar-refractivity contribution in [3.63, 3.8) is 0 Å². The standard InChI is InChI=1S/C17H21N3O3S2/c1-3-14-11-24-17(19-14)10-18-25(22,23)15-6-7-16-13(9-15)5-4-8-20(16)12(2)21/h6-7,9,11,18H,3-5,8,10H2,1-2H3. The van der Waals surface area contributed by atoms with Crippen LogP contribution in [0.3, 0.4) is 0 Å². The van der Waals surface area contributed by atoms with Gasteiger partial charge in [-0.15, -0.1) is 11.3 Å². The number of aromatic nitrogens is 1. The third-order valence-electron chi connectivity index (χ3n) is 4.23. The number of thiazole rings is 1.